The van der Waals surface area contributed by atoms with E-state index in [0.717, 1.165) is 25.8 Å². The van der Waals surface area contributed by atoms with Crippen LogP contribution in [0.25, 0.3) is 0 Å². The number of rotatable bonds is 1. The largest absolute Gasteiger partial charge is 0.485 e. The van der Waals surface area contributed by atoms with E-state index in [1.54, 1.807) is 0 Å². The first kappa shape index (κ1) is 14.1. The molecule has 1 unspecified atom stereocenters. The summed E-state index contributed by atoms with van der Waals surface area (Å²) < 4.78 is 8.07. The standard InChI is InChI=1S/C16H14Br2O2/c1-9-2-3-10(6-13(9)18)15-8-14(19)12-5-4-11(17)7-16(12)20-15/h2-7,14-15,19H,8H2,1H3/t14-,15?/m1/s1. The summed E-state index contributed by atoms with van der Waals surface area (Å²) >= 11 is 6.98. The van der Waals surface area contributed by atoms with E-state index in [0.29, 0.717) is 6.42 Å². The third-order valence-corrected chi connectivity index (χ3v) is 4.96. The summed E-state index contributed by atoms with van der Waals surface area (Å²) in [6, 6.07) is 11.9. The van der Waals surface area contributed by atoms with Gasteiger partial charge in [-0.3, -0.25) is 0 Å². The zero-order valence-electron chi connectivity index (χ0n) is 10.9. The van der Waals surface area contributed by atoms with Crippen LogP contribution in [-0.4, -0.2) is 5.11 Å². The molecule has 0 bridgehead atoms. The molecule has 0 saturated heterocycles. The second-order valence-electron chi connectivity index (χ2n) is 5.05. The van der Waals surface area contributed by atoms with Crippen LogP contribution in [0.1, 0.15) is 35.3 Å². The summed E-state index contributed by atoms with van der Waals surface area (Å²) in [5, 5.41) is 10.3. The molecule has 3 rings (SSSR count). The Bertz CT molecular complexity index is 655. The summed E-state index contributed by atoms with van der Waals surface area (Å²) in [5.41, 5.74) is 3.12. The number of ether oxygens (including phenoxy) is 1. The number of fused-ring (bicyclic) bond motifs is 1. The molecule has 0 spiro atoms. The average Bonchev–Trinajstić information content (AvgIpc) is 2.41. The minimum atomic E-state index is -0.489. The number of aliphatic hydroxyl groups excluding tert-OH is 1. The lowest BCUT2D eigenvalue weighted by Crippen LogP contribution is -2.19. The number of aliphatic hydroxyl groups is 1. The van der Waals surface area contributed by atoms with E-state index in [1.165, 1.54) is 5.56 Å². The van der Waals surface area contributed by atoms with Crippen LogP contribution in [-0.2, 0) is 0 Å². The minimum absolute atomic E-state index is 0.122. The molecule has 0 aliphatic carbocycles. The zero-order chi connectivity index (χ0) is 14.3. The normalized spacial score (nSPS) is 21.2. The van der Waals surface area contributed by atoms with Crippen molar-refractivity contribution in [1.29, 1.82) is 0 Å². The second kappa shape index (κ2) is 5.51. The lowest BCUT2D eigenvalue weighted by molar-refractivity contribution is 0.0656. The lowest BCUT2D eigenvalue weighted by atomic mass is 9.95. The summed E-state index contributed by atoms with van der Waals surface area (Å²) in [5.74, 6) is 0.750. The van der Waals surface area contributed by atoms with Gasteiger partial charge in [0.25, 0.3) is 0 Å². The van der Waals surface area contributed by atoms with Gasteiger partial charge in [-0.25, -0.2) is 0 Å². The number of benzene rings is 2. The van der Waals surface area contributed by atoms with Crippen LogP contribution in [0, 0.1) is 6.92 Å². The van der Waals surface area contributed by atoms with Crippen LogP contribution >= 0.6 is 31.9 Å². The Morgan fingerprint density at radius 3 is 2.70 bits per heavy atom. The smallest absolute Gasteiger partial charge is 0.127 e. The molecule has 0 amide bonds. The van der Waals surface area contributed by atoms with Gasteiger partial charge in [-0.2, -0.15) is 0 Å². The van der Waals surface area contributed by atoms with Gasteiger partial charge < -0.3 is 9.84 Å². The van der Waals surface area contributed by atoms with E-state index in [1.807, 2.05) is 18.2 Å². The van der Waals surface area contributed by atoms with Gasteiger partial charge in [0.2, 0.25) is 0 Å². The molecule has 4 heteroatoms. The SMILES string of the molecule is Cc1ccc(C2C[C@@H](O)c3ccc(Br)cc3O2)cc1Br. The molecule has 1 aliphatic rings. The first-order chi connectivity index (χ1) is 9.54. The van der Waals surface area contributed by atoms with Crippen molar-refractivity contribution < 1.29 is 9.84 Å². The highest BCUT2D eigenvalue weighted by atomic mass is 79.9. The minimum Gasteiger partial charge on any atom is -0.485 e. The van der Waals surface area contributed by atoms with Crippen molar-refractivity contribution in [3.63, 3.8) is 0 Å². The number of aryl methyl sites for hydroxylation is 1. The summed E-state index contributed by atoms with van der Waals surface area (Å²) in [6.07, 6.45) is -0.0370. The molecule has 104 valence electrons. The van der Waals surface area contributed by atoms with Gasteiger partial charge in [0.15, 0.2) is 0 Å². The molecule has 0 aromatic heterocycles. The highest BCUT2D eigenvalue weighted by molar-refractivity contribution is 9.10. The van der Waals surface area contributed by atoms with Crippen molar-refractivity contribution in [2.75, 3.05) is 0 Å². The fourth-order valence-corrected chi connectivity index (χ4v) is 3.17. The van der Waals surface area contributed by atoms with Gasteiger partial charge in [0, 0.05) is 20.9 Å². The maximum absolute atomic E-state index is 10.3. The molecular weight excluding hydrogens is 384 g/mol. The maximum atomic E-state index is 10.3. The molecule has 2 aromatic rings. The van der Waals surface area contributed by atoms with Gasteiger partial charge in [-0.05, 0) is 36.2 Å². The molecule has 1 aliphatic heterocycles. The van der Waals surface area contributed by atoms with E-state index >= 15 is 0 Å². The molecular formula is C16H14Br2O2. The Morgan fingerprint density at radius 1 is 1.15 bits per heavy atom. The quantitative estimate of drug-likeness (QED) is 0.727. The highest BCUT2D eigenvalue weighted by Gasteiger charge is 2.28. The van der Waals surface area contributed by atoms with Crippen LogP contribution < -0.4 is 4.74 Å². The topological polar surface area (TPSA) is 29.5 Å². The third-order valence-electron chi connectivity index (χ3n) is 3.61. The molecule has 2 aromatic carbocycles. The summed E-state index contributed by atoms with van der Waals surface area (Å²) in [6.45, 7) is 2.05. The summed E-state index contributed by atoms with van der Waals surface area (Å²) in [4.78, 5) is 0. The highest BCUT2D eigenvalue weighted by Crippen LogP contribution is 2.42. The number of hydrogen-bond donors (Lipinski definition) is 1. The molecule has 2 atom stereocenters. The molecule has 0 radical (unpaired) electrons. The molecule has 1 N–H and O–H groups in total. The molecule has 0 fully saturated rings. The van der Waals surface area contributed by atoms with Gasteiger partial charge >= 0.3 is 0 Å². The van der Waals surface area contributed by atoms with E-state index in [2.05, 4.69) is 57.0 Å². The van der Waals surface area contributed by atoms with Gasteiger partial charge in [-0.1, -0.05) is 50.1 Å². The lowest BCUT2D eigenvalue weighted by Gasteiger charge is -2.30. The monoisotopic (exact) mass is 396 g/mol. The Balaban J connectivity index is 1.96. The fourth-order valence-electron chi connectivity index (χ4n) is 2.43. The van der Waals surface area contributed by atoms with Crippen LogP contribution in [0.3, 0.4) is 0 Å². The molecule has 20 heavy (non-hydrogen) atoms. The zero-order valence-corrected chi connectivity index (χ0v) is 14.1. The van der Waals surface area contributed by atoms with Crippen molar-refractivity contribution in [3.05, 3.63) is 62.0 Å². The second-order valence-corrected chi connectivity index (χ2v) is 6.82. The Hall–Kier alpha value is -0.840. The van der Waals surface area contributed by atoms with Gasteiger partial charge in [-0.15, -0.1) is 0 Å². The Kier molecular flexibility index (Phi) is 3.89. The Morgan fingerprint density at radius 2 is 1.95 bits per heavy atom. The van der Waals surface area contributed by atoms with E-state index in [-0.39, 0.29) is 6.10 Å². The van der Waals surface area contributed by atoms with E-state index in [9.17, 15) is 5.11 Å². The first-order valence-electron chi connectivity index (χ1n) is 6.45. The number of hydrogen-bond acceptors (Lipinski definition) is 2. The predicted octanol–water partition coefficient (Wildman–Crippen LogP) is 5.08. The van der Waals surface area contributed by atoms with Crippen molar-refractivity contribution >= 4 is 31.9 Å². The van der Waals surface area contributed by atoms with Crippen LogP contribution in [0.2, 0.25) is 0 Å². The molecule has 2 nitrogen and oxygen atoms in total. The fraction of sp³-hybridized carbons (Fsp3) is 0.250. The van der Waals surface area contributed by atoms with Crippen LogP contribution in [0.5, 0.6) is 5.75 Å². The number of halogens is 2. The Labute approximate surface area is 135 Å². The predicted molar refractivity (Wildman–Crippen MR) is 86.0 cm³/mol. The maximum Gasteiger partial charge on any atom is 0.127 e. The van der Waals surface area contributed by atoms with Crippen LogP contribution in [0.15, 0.2) is 45.3 Å². The van der Waals surface area contributed by atoms with E-state index in [4.69, 9.17) is 4.74 Å². The van der Waals surface area contributed by atoms with Crippen molar-refractivity contribution in [3.8, 4) is 5.75 Å². The molecule has 0 saturated carbocycles. The van der Waals surface area contributed by atoms with Gasteiger partial charge in [0.1, 0.15) is 11.9 Å². The van der Waals surface area contributed by atoms with Crippen molar-refractivity contribution in [2.45, 2.75) is 25.6 Å². The van der Waals surface area contributed by atoms with Crippen LogP contribution in [0.4, 0.5) is 0 Å². The first-order valence-corrected chi connectivity index (χ1v) is 8.03. The van der Waals surface area contributed by atoms with Gasteiger partial charge in [0.05, 0.1) is 6.10 Å². The van der Waals surface area contributed by atoms with E-state index < -0.39 is 6.10 Å². The third kappa shape index (κ3) is 2.65. The van der Waals surface area contributed by atoms with Crippen molar-refractivity contribution in [1.82, 2.24) is 0 Å². The summed E-state index contributed by atoms with van der Waals surface area (Å²) in [7, 11) is 0. The average molecular weight is 398 g/mol. The molecule has 1 heterocycles. The van der Waals surface area contributed by atoms with Crippen molar-refractivity contribution in [2.24, 2.45) is 0 Å².